The summed E-state index contributed by atoms with van der Waals surface area (Å²) >= 11 is 5.66. The van der Waals surface area contributed by atoms with Crippen molar-refractivity contribution < 1.29 is 0 Å². The molecule has 5 heteroatoms. The van der Waals surface area contributed by atoms with Crippen molar-refractivity contribution in [1.82, 2.24) is 14.7 Å². The number of nitrogens with one attached hydrogen (secondary N) is 1. The van der Waals surface area contributed by atoms with Gasteiger partial charge in [-0.3, -0.25) is 4.68 Å². The third-order valence-corrected chi connectivity index (χ3v) is 4.14. The van der Waals surface area contributed by atoms with E-state index in [1.54, 1.807) is 10.9 Å². The first-order valence-corrected chi connectivity index (χ1v) is 8.25. The Labute approximate surface area is 147 Å². The molecule has 3 aromatic rings. The van der Waals surface area contributed by atoms with E-state index >= 15 is 0 Å². The Balaban J connectivity index is 1.78. The molecular weight excluding hydrogens is 316 g/mol. The van der Waals surface area contributed by atoms with E-state index in [0.717, 1.165) is 18.9 Å². The standard InChI is InChI=1S/C19H20N4S/c1-22-18(12-13-20-22)21-19(24)23(14-16-8-4-2-5-9-16)15-17-10-6-3-7-11-17/h2-13H,14-15H2,1H3,(H,21,24). The smallest absolute Gasteiger partial charge is 0.175 e. The predicted molar refractivity (Wildman–Crippen MR) is 102 cm³/mol. The zero-order valence-electron chi connectivity index (χ0n) is 13.6. The topological polar surface area (TPSA) is 33.1 Å². The molecule has 24 heavy (non-hydrogen) atoms. The van der Waals surface area contributed by atoms with Gasteiger partial charge in [-0.25, -0.2) is 0 Å². The van der Waals surface area contributed by atoms with Gasteiger partial charge >= 0.3 is 0 Å². The molecule has 1 aromatic heterocycles. The van der Waals surface area contributed by atoms with Crippen molar-refractivity contribution in [2.24, 2.45) is 7.05 Å². The van der Waals surface area contributed by atoms with Crippen molar-refractivity contribution in [3.05, 3.63) is 84.1 Å². The first kappa shape index (κ1) is 16.2. The van der Waals surface area contributed by atoms with Crippen LogP contribution in [0.25, 0.3) is 0 Å². The highest BCUT2D eigenvalue weighted by Crippen LogP contribution is 2.13. The van der Waals surface area contributed by atoms with E-state index in [-0.39, 0.29) is 0 Å². The van der Waals surface area contributed by atoms with E-state index in [0.29, 0.717) is 5.11 Å². The molecule has 3 rings (SSSR count). The average molecular weight is 336 g/mol. The number of nitrogens with zero attached hydrogens (tertiary/aromatic N) is 3. The van der Waals surface area contributed by atoms with Crippen molar-refractivity contribution in [1.29, 1.82) is 0 Å². The van der Waals surface area contributed by atoms with E-state index in [2.05, 4.69) is 39.6 Å². The highest BCUT2D eigenvalue weighted by Gasteiger charge is 2.12. The van der Waals surface area contributed by atoms with E-state index < -0.39 is 0 Å². The molecule has 0 aliphatic carbocycles. The Morgan fingerprint density at radius 3 is 1.96 bits per heavy atom. The minimum absolute atomic E-state index is 0.686. The van der Waals surface area contributed by atoms with Crippen LogP contribution in [0.5, 0.6) is 0 Å². The summed E-state index contributed by atoms with van der Waals surface area (Å²) in [6.45, 7) is 1.50. The summed E-state index contributed by atoms with van der Waals surface area (Å²) in [5.74, 6) is 0.881. The predicted octanol–water partition coefficient (Wildman–Crippen LogP) is 3.82. The lowest BCUT2D eigenvalue weighted by Crippen LogP contribution is -2.34. The zero-order valence-corrected chi connectivity index (χ0v) is 14.4. The van der Waals surface area contributed by atoms with Gasteiger partial charge in [0.2, 0.25) is 0 Å². The van der Waals surface area contributed by atoms with Gasteiger partial charge in [-0.15, -0.1) is 0 Å². The lowest BCUT2D eigenvalue weighted by Gasteiger charge is -2.26. The van der Waals surface area contributed by atoms with Gasteiger partial charge in [0, 0.05) is 26.2 Å². The fourth-order valence-corrected chi connectivity index (χ4v) is 2.73. The first-order chi connectivity index (χ1) is 11.7. The van der Waals surface area contributed by atoms with Gasteiger partial charge in [-0.1, -0.05) is 60.7 Å². The molecule has 0 saturated heterocycles. The maximum absolute atomic E-state index is 5.66. The van der Waals surface area contributed by atoms with Crippen LogP contribution < -0.4 is 5.32 Å². The van der Waals surface area contributed by atoms with Gasteiger partial charge in [-0.2, -0.15) is 5.10 Å². The van der Waals surface area contributed by atoms with Crippen molar-refractivity contribution in [3.8, 4) is 0 Å². The number of anilines is 1. The summed E-state index contributed by atoms with van der Waals surface area (Å²) in [5.41, 5.74) is 2.45. The van der Waals surface area contributed by atoms with Crippen molar-refractivity contribution in [2.45, 2.75) is 13.1 Å². The van der Waals surface area contributed by atoms with Crippen molar-refractivity contribution in [3.63, 3.8) is 0 Å². The highest BCUT2D eigenvalue weighted by molar-refractivity contribution is 7.80. The monoisotopic (exact) mass is 336 g/mol. The van der Waals surface area contributed by atoms with Gasteiger partial charge < -0.3 is 10.2 Å². The van der Waals surface area contributed by atoms with Gasteiger partial charge in [0.15, 0.2) is 5.11 Å². The molecule has 0 radical (unpaired) electrons. The van der Waals surface area contributed by atoms with Crippen molar-refractivity contribution in [2.75, 3.05) is 5.32 Å². The molecule has 1 heterocycles. The number of aromatic nitrogens is 2. The van der Waals surface area contributed by atoms with E-state index in [4.69, 9.17) is 12.2 Å². The number of thiocarbonyl (C=S) groups is 1. The molecule has 1 N–H and O–H groups in total. The molecule has 4 nitrogen and oxygen atoms in total. The first-order valence-electron chi connectivity index (χ1n) is 7.84. The van der Waals surface area contributed by atoms with Crippen LogP contribution >= 0.6 is 12.2 Å². The summed E-state index contributed by atoms with van der Waals surface area (Å²) in [7, 11) is 1.89. The third-order valence-electron chi connectivity index (χ3n) is 3.78. The zero-order chi connectivity index (χ0) is 16.8. The average Bonchev–Trinajstić information content (AvgIpc) is 3.01. The van der Waals surface area contributed by atoms with Crippen LogP contribution in [0, 0.1) is 0 Å². The lowest BCUT2D eigenvalue weighted by molar-refractivity contribution is 0.412. The molecule has 2 aromatic carbocycles. The molecule has 0 bridgehead atoms. The second-order valence-corrected chi connectivity index (χ2v) is 5.98. The summed E-state index contributed by atoms with van der Waals surface area (Å²) in [5, 5.41) is 8.15. The Hall–Kier alpha value is -2.66. The van der Waals surface area contributed by atoms with Gasteiger partial charge in [0.1, 0.15) is 5.82 Å². The van der Waals surface area contributed by atoms with E-state index in [1.807, 2.05) is 49.5 Å². The maximum Gasteiger partial charge on any atom is 0.175 e. The van der Waals surface area contributed by atoms with Gasteiger partial charge in [-0.05, 0) is 23.3 Å². The molecule has 0 atom stereocenters. The second-order valence-electron chi connectivity index (χ2n) is 5.60. The molecule has 0 amide bonds. The van der Waals surface area contributed by atoms with Crippen LogP contribution in [0.15, 0.2) is 72.9 Å². The molecule has 0 fully saturated rings. The highest BCUT2D eigenvalue weighted by atomic mass is 32.1. The van der Waals surface area contributed by atoms with E-state index in [9.17, 15) is 0 Å². The molecule has 0 unspecified atom stereocenters. The number of aryl methyl sites for hydroxylation is 1. The summed E-state index contributed by atoms with van der Waals surface area (Å²) < 4.78 is 1.77. The van der Waals surface area contributed by atoms with Crippen molar-refractivity contribution >= 4 is 23.1 Å². The van der Waals surface area contributed by atoms with Crippen LogP contribution in [-0.4, -0.2) is 19.8 Å². The second kappa shape index (κ2) is 7.75. The van der Waals surface area contributed by atoms with E-state index in [1.165, 1.54) is 11.1 Å². The summed E-state index contributed by atoms with van der Waals surface area (Å²) in [4.78, 5) is 2.16. The summed E-state index contributed by atoms with van der Waals surface area (Å²) in [6.07, 6.45) is 1.75. The van der Waals surface area contributed by atoms with Crippen LogP contribution in [0.2, 0.25) is 0 Å². The Kier molecular flexibility index (Phi) is 5.23. The number of hydrogen-bond donors (Lipinski definition) is 1. The lowest BCUT2D eigenvalue weighted by atomic mass is 10.2. The fraction of sp³-hybridized carbons (Fsp3) is 0.158. The Morgan fingerprint density at radius 1 is 0.958 bits per heavy atom. The molecule has 0 aliphatic rings. The normalized spacial score (nSPS) is 10.4. The quantitative estimate of drug-likeness (QED) is 0.718. The minimum Gasteiger partial charge on any atom is -0.340 e. The molecule has 0 spiro atoms. The number of hydrogen-bond acceptors (Lipinski definition) is 2. The molecular formula is C19H20N4S. The third kappa shape index (κ3) is 4.20. The van der Waals surface area contributed by atoms with Crippen LogP contribution in [0.1, 0.15) is 11.1 Å². The largest absolute Gasteiger partial charge is 0.340 e. The number of benzene rings is 2. The van der Waals surface area contributed by atoms with Crippen LogP contribution in [0.4, 0.5) is 5.82 Å². The fourth-order valence-electron chi connectivity index (χ4n) is 2.49. The van der Waals surface area contributed by atoms with Gasteiger partial charge in [0.25, 0.3) is 0 Å². The van der Waals surface area contributed by atoms with Crippen LogP contribution in [-0.2, 0) is 20.1 Å². The minimum atomic E-state index is 0.686. The number of rotatable bonds is 5. The Morgan fingerprint density at radius 2 is 1.50 bits per heavy atom. The Bertz CT molecular complexity index is 742. The molecule has 0 aliphatic heterocycles. The summed E-state index contributed by atoms with van der Waals surface area (Å²) in [6, 6.07) is 22.6. The molecule has 0 saturated carbocycles. The molecule has 122 valence electrons. The maximum atomic E-state index is 5.66. The SMILES string of the molecule is Cn1nccc1NC(=S)N(Cc1ccccc1)Cc1ccccc1. The van der Waals surface area contributed by atoms with Crippen LogP contribution in [0.3, 0.4) is 0 Å². The van der Waals surface area contributed by atoms with Gasteiger partial charge in [0.05, 0.1) is 6.20 Å².